The first-order valence-electron chi connectivity index (χ1n) is 14.5. The first kappa shape index (κ1) is 32.8. The average Bonchev–Trinajstić information content (AvgIpc) is 2.66. The maximum absolute atomic E-state index is 5.54. The van der Waals surface area contributed by atoms with Crippen molar-refractivity contribution in [2.75, 3.05) is 0 Å². The summed E-state index contributed by atoms with van der Waals surface area (Å²) in [6, 6.07) is 9.79. The molecule has 2 heteroatoms. The number of nitrogens with zero attached hydrogens (tertiary/aromatic N) is 1. The minimum Gasteiger partial charge on any atom is -0.227 e. The molecule has 0 unspecified atom stereocenters. The molecular weight excluding hydrogens is 477 g/mol. The van der Waals surface area contributed by atoms with Crippen molar-refractivity contribution < 1.29 is 0 Å². The highest BCUT2D eigenvalue weighted by atomic mass is 31.1. The van der Waals surface area contributed by atoms with Crippen LogP contribution in [0.2, 0.25) is 0 Å². The van der Waals surface area contributed by atoms with Crippen molar-refractivity contribution in [1.82, 2.24) is 0 Å². The zero-order valence-corrected chi connectivity index (χ0v) is 29.1. The molecule has 2 aromatic rings. The SMILES string of the molecule is CC(C)(C)c1cc(C(C)(C)C)c(N=Pc2c(C(C)(C)C)cc(C(C)(C)C)cc2C(C)(C)C)c(C(C)(C)C)c1. The molecule has 0 atom stereocenters. The lowest BCUT2D eigenvalue weighted by atomic mass is 9.74. The van der Waals surface area contributed by atoms with E-state index in [1.165, 1.54) is 44.4 Å². The fourth-order valence-electron chi connectivity index (χ4n) is 4.74. The molecule has 0 aliphatic carbocycles. The van der Waals surface area contributed by atoms with E-state index in [9.17, 15) is 0 Å². The van der Waals surface area contributed by atoms with Crippen LogP contribution in [0.1, 0.15) is 158 Å². The summed E-state index contributed by atoms with van der Waals surface area (Å²) >= 11 is 0. The zero-order valence-electron chi connectivity index (χ0n) is 28.2. The molecule has 1 nitrogen and oxygen atoms in total. The second kappa shape index (κ2) is 10.2. The summed E-state index contributed by atoms with van der Waals surface area (Å²) in [5.74, 6) is 0. The van der Waals surface area contributed by atoms with Crippen molar-refractivity contribution in [3.8, 4) is 0 Å². The second-order valence-corrected chi connectivity index (χ2v) is 18.4. The molecule has 2 aromatic carbocycles. The van der Waals surface area contributed by atoms with Gasteiger partial charge in [-0.25, -0.2) is 4.74 Å². The Hall–Kier alpha value is -1.46. The minimum atomic E-state index is -0.00851. The Labute approximate surface area is 238 Å². The van der Waals surface area contributed by atoms with E-state index in [-0.39, 0.29) is 32.5 Å². The van der Waals surface area contributed by atoms with E-state index in [2.05, 4.69) is 149 Å². The van der Waals surface area contributed by atoms with E-state index in [0.29, 0.717) is 0 Å². The molecule has 0 saturated heterocycles. The van der Waals surface area contributed by atoms with E-state index >= 15 is 0 Å². The van der Waals surface area contributed by atoms with Crippen molar-refractivity contribution in [3.63, 3.8) is 0 Å². The molecule has 212 valence electrons. The van der Waals surface area contributed by atoms with E-state index < -0.39 is 0 Å². The van der Waals surface area contributed by atoms with Gasteiger partial charge < -0.3 is 0 Å². The zero-order chi connectivity index (χ0) is 29.9. The van der Waals surface area contributed by atoms with Gasteiger partial charge in [-0.3, -0.25) is 0 Å². The van der Waals surface area contributed by atoms with E-state index in [0.717, 1.165) is 8.37 Å². The molecule has 0 heterocycles. The Balaban J connectivity index is 3.07. The third kappa shape index (κ3) is 7.59. The van der Waals surface area contributed by atoms with Gasteiger partial charge >= 0.3 is 0 Å². The predicted octanol–water partition coefficient (Wildman–Crippen LogP) is 11.6. The molecule has 0 fully saturated rings. The van der Waals surface area contributed by atoms with Crippen LogP contribution in [0.3, 0.4) is 0 Å². The maximum Gasteiger partial charge on any atom is 0.0754 e. The van der Waals surface area contributed by atoms with Gasteiger partial charge in [0, 0.05) is 13.7 Å². The van der Waals surface area contributed by atoms with Gasteiger partial charge in [0.1, 0.15) is 0 Å². The van der Waals surface area contributed by atoms with Gasteiger partial charge in [0.05, 0.1) is 5.69 Å². The topological polar surface area (TPSA) is 12.4 Å². The Morgan fingerprint density at radius 3 is 0.895 bits per heavy atom. The summed E-state index contributed by atoms with van der Waals surface area (Å²) in [6.07, 6.45) is 0. The largest absolute Gasteiger partial charge is 0.227 e. The van der Waals surface area contributed by atoms with Crippen LogP contribution in [0.25, 0.3) is 0 Å². The first-order valence-corrected chi connectivity index (χ1v) is 15.3. The molecule has 38 heavy (non-hydrogen) atoms. The number of benzene rings is 2. The van der Waals surface area contributed by atoms with Gasteiger partial charge in [-0.15, -0.1) is 0 Å². The standard InChI is InChI=1S/C36H58NP/c1-31(2,3)23-19-25(33(7,8)9)29(26(20-23)34(10,11)12)37-38-30-27(35(13,14)15)21-24(32(4,5)6)22-28(30)36(16,17)18/h19-22H,1-18H3. The average molecular weight is 536 g/mol. The van der Waals surface area contributed by atoms with E-state index in [4.69, 9.17) is 4.74 Å². The van der Waals surface area contributed by atoms with Gasteiger partial charge in [0.15, 0.2) is 0 Å². The lowest BCUT2D eigenvalue weighted by molar-refractivity contribution is 0.550. The van der Waals surface area contributed by atoms with Crippen LogP contribution in [0.5, 0.6) is 0 Å². The summed E-state index contributed by atoms with van der Waals surface area (Å²) in [7, 11) is 1.03. The van der Waals surface area contributed by atoms with Crippen molar-refractivity contribution >= 4 is 19.4 Å². The van der Waals surface area contributed by atoms with Crippen LogP contribution in [-0.2, 0) is 32.5 Å². The Morgan fingerprint density at radius 1 is 0.395 bits per heavy atom. The normalized spacial score (nSPS) is 14.5. The summed E-state index contributed by atoms with van der Waals surface area (Å²) in [5, 5.41) is 1.37. The summed E-state index contributed by atoms with van der Waals surface area (Å²) in [4.78, 5) is 0. The van der Waals surface area contributed by atoms with Crippen LogP contribution in [0.4, 0.5) is 5.69 Å². The maximum atomic E-state index is 5.54. The van der Waals surface area contributed by atoms with Crippen LogP contribution in [0, 0.1) is 0 Å². The molecule has 0 aliphatic heterocycles. The molecule has 2 rings (SSSR count). The minimum absolute atomic E-state index is 0.00851. The molecule has 0 aromatic heterocycles. The van der Waals surface area contributed by atoms with Gasteiger partial charge in [-0.05, 0) is 65.9 Å². The summed E-state index contributed by atoms with van der Waals surface area (Å²) in [5.41, 5.74) is 9.72. The molecule has 0 amide bonds. The fourth-order valence-corrected chi connectivity index (χ4v) is 6.17. The highest BCUT2D eigenvalue weighted by molar-refractivity contribution is 7.37. The predicted molar refractivity (Wildman–Crippen MR) is 174 cm³/mol. The van der Waals surface area contributed by atoms with Gasteiger partial charge in [-0.1, -0.05) is 149 Å². The van der Waals surface area contributed by atoms with Crippen LogP contribution >= 0.6 is 8.37 Å². The van der Waals surface area contributed by atoms with E-state index in [1.54, 1.807) is 0 Å². The fraction of sp³-hybridized carbons (Fsp3) is 0.667. The molecule has 0 spiro atoms. The molecule has 0 saturated carbocycles. The monoisotopic (exact) mass is 535 g/mol. The number of hydrogen-bond donors (Lipinski definition) is 0. The van der Waals surface area contributed by atoms with Crippen molar-refractivity contribution in [2.24, 2.45) is 4.74 Å². The van der Waals surface area contributed by atoms with Crippen molar-refractivity contribution in [3.05, 3.63) is 57.6 Å². The molecule has 0 N–H and O–H groups in total. The van der Waals surface area contributed by atoms with Crippen molar-refractivity contribution in [2.45, 2.75) is 157 Å². The molecule has 0 bridgehead atoms. The van der Waals surface area contributed by atoms with Gasteiger partial charge in [0.2, 0.25) is 0 Å². The van der Waals surface area contributed by atoms with E-state index in [1.807, 2.05) is 0 Å². The van der Waals surface area contributed by atoms with Crippen LogP contribution in [-0.4, -0.2) is 0 Å². The van der Waals surface area contributed by atoms with Crippen molar-refractivity contribution in [1.29, 1.82) is 0 Å². The number of hydrogen-bond acceptors (Lipinski definition) is 1. The highest BCUT2D eigenvalue weighted by Crippen LogP contribution is 2.45. The van der Waals surface area contributed by atoms with Crippen LogP contribution < -0.4 is 5.30 Å². The Bertz CT molecular complexity index is 1020. The Kier molecular flexibility index (Phi) is 8.77. The molecule has 0 radical (unpaired) electrons. The molecule has 0 aliphatic rings. The quantitative estimate of drug-likeness (QED) is 0.339. The Morgan fingerprint density at radius 2 is 0.658 bits per heavy atom. The third-order valence-corrected chi connectivity index (χ3v) is 8.42. The smallest absolute Gasteiger partial charge is 0.0754 e. The molecular formula is C36H58NP. The lowest BCUT2D eigenvalue weighted by Crippen LogP contribution is -2.29. The summed E-state index contributed by atoms with van der Waals surface area (Å²) in [6.45, 7) is 42.0. The van der Waals surface area contributed by atoms with Crippen LogP contribution in [0.15, 0.2) is 29.0 Å². The highest BCUT2D eigenvalue weighted by Gasteiger charge is 2.31. The number of rotatable bonds is 2. The second-order valence-electron chi connectivity index (χ2n) is 17.5. The first-order chi connectivity index (χ1) is 16.6. The third-order valence-electron chi connectivity index (χ3n) is 7.43. The van der Waals surface area contributed by atoms with Gasteiger partial charge in [-0.2, -0.15) is 0 Å². The van der Waals surface area contributed by atoms with Gasteiger partial charge in [0.25, 0.3) is 0 Å². The lowest BCUT2D eigenvalue weighted by Gasteiger charge is -2.33. The summed E-state index contributed by atoms with van der Waals surface area (Å²) < 4.78 is 5.54.